The quantitative estimate of drug-likeness (QED) is 0.470. The molecule has 98 valence electrons. The Labute approximate surface area is 135 Å². The van der Waals surface area contributed by atoms with Crippen molar-refractivity contribution in [1.29, 1.82) is 0 Å². The van der Waals surface area contributed by atoms with Crippen LogP contribution in [0, 0.1) is 5.92 Å². The van der Waals surface area contributed by atoms with Crippen LogP contribution in [0.15, 0.2) is 32.7 Å². The molecule has 1 aromatic carbocycles. The van der Waals surface area contributed by atoms with Crippen LogP contribution in [0.25, 0.3) is 6.08 Å². The normalized spacial score (nSPS) is 18.1. The number of allylic oxidation sites excluding steroid dienone is 1. The molecule has 0 nitrogen and oxygen atoms in total. The second-order valence-electron chi connectivity index (χ2n) is 4.86. The summed E-state index contributed by atoms with van der Waals surface area (Å²) in [5.74, 6) is 0.778. The van der Waals surface area contributed by atoms with E-state index in [-0.39, 0.29) is 0 Å². The van der Waals surface area contributed by atoms with Gasteiger partial charge in [0.1, 0.15) is 0 Å². The first kappa shape index (κ1) is 14.8. The molecule has 0 saturated heterocycles. The molecule has 0 aromatic heterocycles. The van der Waals surface area contributed by atoms with Gasteiger partial charge in [0.25, 0.3) is 0 Å². The highest BCUT2D eigenvalue weighted by atomic mass is 79.9. The third-order valence-electron chi connectivity index (χ3n) is 3.58. The predicted octanol–water partition coefficient (Wildman–Crippen LogP) is 6.57. The lowest BCUT2D eigenvalue weighted by molar-refractivity contribution is 0.405. The molecule has 1 aliphatic carbocycles. The van der Waals surface area contributed by atoms with Gasteiger partial charge in [0.2, 0.25) is 0 Å². The molecular weight excluding hydrogens is 420 g/mol. The van der Waals surface area contributed by atoms with Crippen molar-refractivity contribution in [3.05, 3.63) is 38.3 Å². The topological polar surface area (TPSA) is 0 Å². The van der Waals surface area contributed by atoms with E-state index in [0.717, 1.165) is 20.2 Å². The maximum absolute atomic E-state index is 3.65. The van der Waals surface area contributed by atoms with Crippen molar-refractivity contribution < 1.29 is 0 Å². The summed E-state index contributed by atoms with van der Waals surface area (Å²) in [5, 5.41) is 0.991. The summed E-state index contributed by atoms with van der Waals surface area (Å²) in [7, 11) is 0. The fourth-order valence-corrected chi connectivity index (χ4v) is 3.82. The molecule has 0 unspecified atom stereocenters. The monoisotopic (exact) mass is 434 g/mol. The van der Waals surface area contributed by atoms with Crippen LogP contribution in [0.1, 0.15) is 37.7 Å². The van der Waals surface area contributed by atoms with Crippen LogP contribution in [0.2, 0.25) is 0 Å². The van der Waals surface area contributed by atoms with Crippen LogP contribution >= 0.6 is 47.8 Å². The molecule has 1 fully saturated rings. The van der Waals surface area contributed by atoms with Gasteiger partial charge in [0.05, 0.1) is 0 Å². The number of alkyl halides is 1. The Kier molecular flexibility index (Phi) is 5.96. The molecule has 2 rings (SSSR count). The predicted molar refractivity (Wildman–Crippen MR) is 90.2 cm³/mol. The highest BCUT2D eigenvalue weighted by molar-refractivity contribution is 9.13. The molecule has 0 N–H and O–H groups in total. The lowest BCUT2D eigenvalue weighted by Crippen LogP contribution is -2.10. The molecule has 1 aromatic rings. The van der Waals surface area contributed by atoms with Crippen LogP contribution in [-0.2, 0) is 0 Å². The summed E-state index contributed by atoms with van der Waals surface area (Å²) in [6.07, 6.45) is 9.25. The Morgan fingerprint density at radius 3 is 2.44 bits per heavy atom. The summed E-state index contributed by atoms with van der Waals surface area (Å²) >= 11 is 10.7. The molecule has 18 heavy (non-hydrogen) atoms. The van der Waals surface area contributed by atoms with E-state index >= 15 is 0 Å². The number of halogens is 3. The first-order valence-corrected chi connectivity index (χ1v) is 9.13. The smallest absolute Gasteiger partial charge is 0.0323 e. The van der Waals surface area contributed by atoms with Crippen molar-refractivity contribution >= 4 is 53.9 Å². The highest BCUT2D eigenvalue weighted by Crippen LogP contribution is 2.32. The third-order valence-corrected chi connectivity index (χ3v) is 6.11. The third kappa shape index (κ3) is 3.94. The molecule has 0 aliphatic heterocycles. The molecule has 1 saturated carbocycles. The Hall–Kier alpha value is 0.400. The minimum Gasteiger partial charge on any atom is -0.0880 e. The van der Waals surface area contributed by atoms with Gasteiger partial charge >= 0.3 is 0 Å². The van der Waals surface area contributed by atoms with Gasteiger partial charge in [-0.3, -0.25) is 0 Å². The zero-order chi connectivity index (χ0) is 13.0. The minimum atomic E-state index is 0.778. The van der Waals surface area contributed by atoms with Gasteiger partial charge in [-0.2, -0.15) is 0 Å². The SMILES string of the molecule is BrC/C(=C/c1ccc(Br)c(Br)c1)C1CCCCC1. The minimum absolute atomic E-state index is 0.778. The first-order valence-electron chi connectivity index (χ1n) is 6.42. The van der Waals surface area contributed by atoms with Crippen molar-refractivity contribution in [3.63, 3.8) is 0 Å². The Balaban J connectivity index is 2.19. The van der Waals surface area contributed by atoms with Gasteiger partial charge in [0, 0.05) is 14.3 Å². The maximum Gasteiger partial charge on any atom is 0.0323 e. The van der Waals surface area contributed by atoms with Crippen LogP contribution in [0.5, 0.6) is 0 Å². The summed E-state index contributed by atoms with van der Waals surface area (Å²) in [5.41, 5.74) is 2.83. The average molecular weight is 437 g/mol. The first-order chi connectivity index (χ1) is 8.70. The fraction of sp³-hybridized carbons (Fsp3) is 0.467. The zero-order valence-corrected chi connectivity index (χ0v) is 15.0. The number of benzene rings is 1. The van der Waals surface area contributed by atoms with E-state index in [1.54, 1.807) is 5.57 Å². The van der Waals surface area contributed by atoms with Gasteiger partial charge in [-0.05, 0) is 68.3 Å². The highest BCUT2D eigenvalue weighted by Gasteiger charge is 2.16. The van der Waals surface area contributed by atoms with Crippen LogP contribution < -0.4 is 0 Å². The second kappa shape index (κ2) is 7.25. The van der Waals surface area contributed by atoms with E-state index < -0.39 is 0 Å². The lowest BCUT2D eigenvalue weighted by Gasteiger charge is -2.23. The molecule has 0 bridgehead atoms. The molecule has 0 spiro atoms. The van der Waals surface area contributed by atoms with E-state index in [0.29, 0.717) is 0 Å². The van der Waals surface area contributed by atoms with Gasteiger partial charge in [-0.25, -0.2) is 0 Å². The standard InChI is InChI=1S/C15H17Br3/c16-10-13(12-4-2-1-3-5-12)8-11-6-7-14(17)15(18)9-11/h6-9,12H,1-5,10H2/b13-8-. The van der Waals surface area contributed by atoms with Crippen LogP contribution in [0.3, 0.4) is 0 Å². The van der Waals surface area contributed by atoms with Gasteiger partial charge in [-0.1, -0.05) is 52.9 Å². The average Bonchev–Trinajstić information content (AvgIpc) is 2.41. The maximum atomic E-state index is 3.65. The van der Waals surface area contributed by atoms with Gasteiger partial charge < -0.3 is 0 Å². The largest absolute Gasteiger partial charge is 0.0880 e. The molecule has 1 aliphatic rings. The molecular formula is C15H17Br3. The van der Waals surface area contributed by atoms with Crippen molar-refractivity contribution in [1.82, 2.24) is 0 Å². The Bertz CT molecular complexity index is 431. The Morgan fingerprint density at radius 2 is 1.83 bits per heavy atom. The Morgan fingerprint density at radius 1 is 1.11 bits per heavy atom. The summed E-state index contributed by atoms with van der Waals surface area (Å²) in [6, 6.07) is 6.44. The van der Waals surface area contributed by atoms with Crippen molar-refractivity contribution in [2.45, 2.75) is 32.1 Å². The summed E-state index contributed by atoms with van der Waals surface area (Å²) < 4.78 is 2.23. The molecule has 0 amide bonds. The molecule has 0 heterocycles. The van der Waals surface area contributed by atoms with Crippen molar-refractivity contribution in [2.24, 2.45) is 5.92 Å². The molecule has 0 radical (unpaired) electrons. The molecule has 3 heteroatoms. The summed E-state index contributed by atoms with van der Waals surface area (Å²) in [4.78, 5) is 0. The van der Waals surface area contributed by atoms with Crippen LogP contribution in [0.4, 0.5) is 0 Å². The van der Waals surface area contributed by atoms with E-state index in [2.05, 4.69) is 72.1 Å². The van der Waals surface area contributed by atoms with Gasteiger partial charge in [0.15, 0.2) is 0 Å². The van der Waals surface area contributed by atoms with E-state index in [4.69, 9.17) is 0 Å². The van der Waals surface area contributed by atoms with Crippen molar-refractivity contribution in [3.8, 4) is 0 Å². The van der Waals surface area contributed by atoms with Crippen LogP contribution in [-0.4, -0.2) is 5.33 Å². The zero-order valence-electron chi connectivity index (χ0n) is 10.3. The van der Waals surface area contributed by atoms with Crippen molar-refractivity contribution in [2.75, 3.05) is 5.33 Å². The molecule has 0 atom stereocenters. The number of rotatable bonds is 3. The van der Waals surface area contributed by atoms with Gasteiger partial charge in [-0.15, -0.1) is 0 Å². The summed E-state index contributed by atoms with van der Waals surface area (Å²) in [6.45, 7) is 0. The number of hydrogen-bond acceptors (Lipinski definition) is 0. The lowest BCUT2D eigenvalue weighted by atomic mass is 9.84. The second-order valence-corrected chi connectivity index (χ2v) is 7.13. The fourth-order valence-electron chi connectivity index (χ4n) is 2.56. The van der Waals surface area contributed by atoms with E-state index in [1.807, 2.05) is 0 Å². The van der Waals surface area contributed by atoms with E-state index in [9.17, 15) is 0 Å². The number of hydrogen-bond donors (Lipinski definition) is 0. The van der Waals surface area contributed by atoms with E-state index in [1.165, 1.54) is 37.7 Å².